The molecule has 3 N–H and O–H groups in total. The van der Waals surface area contributed by atoms with E-state index in [1.165, 1.54) is 38.5 Å². The first-order chi connectivity index (χ1) is 12.8. The lowest BCUT2D eigenvalue weighted by Crippen LogP contribution is -2.39. The van der Waals surface area contributed by atoms with E-state index in [2.05, 4.69) is 27.4 Å². The highest BCUT2D eigenvalue weighted by atomic mass is 16.5. The molecule has 0 spiro atoms. The molecule has 1 heterocycles. The second kappa shape index (κ2) is 13.3. The topological polar surface area (TPSA) is 69.1 Å². The molecule has 6 nitrogen and oxygen atoms in total. The summed E-state index contributed by atoms with van der Waals surface area (Å²) in [4.78, 5) is 7.11. The minimum Gasteiger partial charge on any atom is -0.393 e. The summed E-state index contributed by atoms with van der Waals surface area (Å²) in [6.07, 6.45) is 11.1. The largest absolute Gasteiger partial charge is 0.393 e. The Labute approximate surface area is 159 Å². The van der Waals surface area contributed by atoms with Gasteiger partial charge in [0, 0.05) is 32.7 Å². The lowest BCUT2D eigenvalue weighted by atomic mass is 10.1. The van der Waals surface area contributed by atoms with Gasteiger partial charge in [-0.3, -0.25) is 4.99 Å². The van der Waals surface area contributed by atoms with Crippen LogP contribution in [-0.4, -0.2) is 74.0 Å². The Kier molecular flexibility index (Phi) is 11.0. The molecule has 0 radical (unpaired) electrons. The van der Waals surface area contributed by atoms with Crippen LogP contribution in [0.1, 0.15) is 64.7 Å². The van der Waals surface area contributed by atoms with Crippen LogP contribution in [0.3, 0.4) is 0 Å². The van der Waals surface area contributed by atoms with Gasteiger partial charge in [0.2, 0.25) is 0 Å². The third kappa shape index (κ3) is 9.19. The molecule has 2 fully saturated rings. The van der Waals surface area contributed by atoms with Crippen LogP contribution in [0.25, 0.3) is 0 Å². The molecular formula is C20H40N4O2. The van der Waals surface area contributed by atoms with Crippen LogP contribution in [0.4, 0.5) is 0 Å². The molecule has 0 aromatic rings. The van der Waals surface area contributed by atoms with Gasteiger partial charge >= 0.3 is 0 Å². The number of piperidine rings is 1. The zero-order valence-electron chi connectivity index (χ0n) is 16.7. The number of nitrogens with zero attached hydrogens (tertiary/aromatic N) is 2. The molecule has 0 bridgehead atoms. The number of hydrogen-bond acceptors (Lipinski definition) is 4. The molecule has 0 atom stereocenters. The van der Waals surface area contributed by atoms with Crippen LogP contribution >= 0.6 is 0 Å². The van der Waals surface area contributed by atoms with Crippen LogP contribution in [-0.2, 0) is 4.74 Å². The van der Waals surface area contributed by atoms with Gasteiger partial charge in [0.25, 0.3) is 0 Å². The zero-order valence-corrected chi connectivity index (χ0v) is 16.7. The van der Waals surface area contributed by atoms with Gasteiger partial charge in [-0.1, -0.05) is 25.7 Å². The first kappa shape index (κ1) is 21.5. The van der Waals surface area contributed by atoms with Crippen molar-refractivity contribution in [3.05, 3.63) is 0 Å². The van der Waals surface area contributed by atoms with E-state index in [0.717, 1.165) is 71.1 Å². The van der Waals surface area contributed by atoms with E-state index in [4.69, 9.17) is 4.74 Å². The van der Waals surface area contributed by atoms with Crippen molar-refractivity contribution in [1.29, 1.82) is 0 Å². The first-order valence-electron chi connectivity index (χ1n) is 10.8. The van der Waals surface area contributed by atoms with Crippen molar-refractivity contribution in [3.8, 4) is 0 Å². The number of guanidine groups is 1. The maximum atomic E-state index is 9.55. The number of rotatable bonds is 9. The fraction of sp³-hybridized carbons (Fsp3) is 0.950. The number of aliphatic hydroxyl groups excluding tert-OH is 1. The van der Waals surface area contributed by atoms with Crippen molar-refractivity contribution in [2.24, 2.45) is 4.99 Å². The van der Waals surface area contributed by atoms with Crippen molar-refractivity contribution in [2.75, 3.05) is 45.9 Å². The number of ether oxygens (including phenoxy) is 1. The molecule has 0 amide bonds. The van der Waals surface area contributed by atoms with Crippen LogP contribution in [0.5, 0.6) is 0 Å². The quantitative estimate of drug-likeness (QED) is 0.252. The SMILES string of the molecule is CCNC(=NCCCN1CCC(O)CC1)NCCOC1CCCCCC1. The van der Waals surface area contributed by atoms with Crippen LogP contribution in [0.15, 0.2) is 4.99 Å². The van der Waals surface area contributed by atoms with Gasteiger partial charge in [-0.2, -0.15) is 0 Å². The summed E-state index contributed by atoms with van der Waals surface area (Å²) in [5.74, 6) is 0.894. The third-order valence-electron chi connectivity index (χ3n) is 5.35. The van der Waals surface area contributed by atoms with E-state index >= 15 is 0 Å². The van der Waals surface area contributed by atoms with Crippen molar-refractivity contribution in [2.45, 2.75) is 76.9 Å². The van der Waals surface area contributed by atoms with Gasteiger partial charge in [0.15, 0.2) is 5.96 Å². The normalized spacial score (nSPS) is 21.5. The van der Waals surface area contributed by atoms with E-state index < -0.39 is 0 Å². The Morgan fingerprint density at radius 1 is 1.08 bits per heavy atom. The summed E-state index contributed by atoms with van der Waals surface area (Å²) >= 11 is 0. The smallest absolute Gasteiger partial charge is 0.191 e. The minimum absolute atomic E-state index is 0.0889. The maximum Gasteiger partial charge on any atom is 0.191 e. The summed E-state index contributed by atoms with van der Waals surface area (Å²) < 4.78 is 6.03. The van der Waals surface area contributed by atoms with Crippen molar-refractivity contribution >= 4 is 5.96 Å². The Hall–Kier alpha value is -0.850. The lowest BCUT2D eigenvalue weighted by Gasteiger charge is -2.29. The molecule has 1 saturated carbocycles. The number of nitrogens with one attached hydrogen (secondary N) is 2. The fourth-order valence-electron chi connectivity index (χ4n) is 3.77. The van der Waals surface area contributed by atoms with E-state index in [9.17, 15) is 5.11 Å². The van der Waals surface area contributed by atoms with Gasteiger partial charge in [-0.05, 0) is 45.6 Å². The Morgan fingerprint density at radius 3 is 2.50 bits per heavy atom. The molecule has 0 aromatic carbocycles. The highest BCUT2D eigenvalue weighted by molar-refractivity contribution is 5.79. The van der Waals surface area contributed by atoms with Gasteiger partial charge in [-0.15, -0.1) is 0 Å². The van der Waals surface area contributed by atoms with E-state index in [1.54, 1.807) is 0 Å². The van der Waals surface area contributed by atoms with Crippen molar-refractivity contribution in [1.82, 2.24) is 15.5 Å². The Bertz CT molecular complexity index is 376. The molecular weight excluding hydrogens is 328 g/mol. The summed E-state index contributed by atoms with van der Waals surface area (Å²) in [6, 6.07) is 0. The number of aliphatic imine (C=N–C) groups is 1. The predicted octanol–water partition coefficient (Wildman–Crippen LogP) is 2.13. The summed E-state index contributed by atoms with van der Waals surface area (Å²) in [7, 11) is 0. The molecule has 152 valence electrons. The molecule has 26 heavy (non-hydrogen) atoms. The van der Waals surface area contributed by atoms with Gasteiger partial charge < -0.3 is 25.4 Å². The number of aliphatic hydroxyl groups is 1. The molecule has 0 unspecified atom stereocenters. The predicted molar refractivity (Wildman–Crippen MR) is 108 cm³/mol. The molecule has 1 aliphatic carbocycles. The van der Waals surface area contributed by atoms with E-state index in [-0.39, 0.29) is 6.10 Å². The van der Waals surface area contributed by atoms with Gasteiger partial charge in [0.05, 0.1) is 18.8 Å². The minimum atomic E-state index is -0.0889. The summed E-state index contributed by atoms with van der Waals surface area (Å²) in [6.45, 7) is 8.47. The average molecular weight is 369 g/mol. The Balaban J connectivity index is 1.56. The maximum absolute atomic E-state index is 9.55. The van der Waals surface area contributed by atoms with Crippen molar-refractivity contribution < 1.29 is 9.84 Å². The van der Waals surface area contributed by atoms with E-state index in [0.29, 0.717) is 6.10 Å². The third-order valence-corrected chi connectivity index (χ3v) is 5.35. The van der Waals surface area contributed by atoms with E-state index in [1.807, 2.05) is 0 Å². The standard InChI is InChI=1S/C20H40N4O2/c1-2-21-20(22-12-7-14-24-15-10-18(25)11-16-24)23-13-17-26-19-8-5-3-4-6-9-19/h18-19,25H,2-17H2,1H3,(H2,21,22,23). The molecule has 2 aliphatic rings. The van der Waals surface area contributed by atoms with Crippen molar-refractivity contribution in [3.63, 3.8) is 0 Å². The second-order valence-electron chi connectivity index (χ2n) is 7.60. The first-order valence-corrected chi connectivity index (χ1v) is 10.8. The van der Waals surface area contributed by atoms with Gasteiger partial charge in [-0.25, -0.2) is 0 Å². The molecule has 0 aromatic heterocycles. The second-order valence-corrected chi connectivity index (χ2v) is 7.60. The highest BCUT2D eigenvalue weighted by Gasteiger charge is 2.16. The fourth-order valence-corrected chi connectivity index (χ4v) is 3.77. The van der Waals surface area contributed by atoms with Gasteiger partial charge in [0.1, 0.15) is 0 Å². The number of likely N-dealkylation sites (tertiary alicyclic amines) is 1. The Morgan fingerprint density at radius 2 is 1.81 bits per heavy atom. The van der Waals surface area contributed by atoms with Crippen LogP contribution in [0, 0.1) is 0 Å². The zero-order chi connectivity index (χ0) is 18.5. The average Bonchev–Trinajstić information content (AvgIpc) is 2.92. The van der Waals surface area contributed by atoms with Crippen LogP contribution < -0.4 is 10.6 Å². The van der Waals surface area contributed by atoms with Crippen LogP contribution in [0.2, 0.25) is 0 Å². The molecule has 1 saturated heterocycles. The molecule has 1 aliphatic heterocycles. The molecule has 6 heteroatoms. The lowest BCUT2D eigenvalue weighted by molar-refractivity contribution is 0.0468. The monoisotopic (exact) mass is 368 g/mol. The highest BCUT2D eigenvalue weighted by Crippen LogP contribution is 2.19. The number of hydrogen-bond donors (Lipinski definition) is 3. The summed E-state index contributed by atoms with van der Waals surface area (Å²) in [5.41, 5.74) is 0. The summed E-state index contributed by atoms with van der Waals surface area (Å²) in [5, 5.41) is 16.3. The molecule has 2 rings (SSSR count).